The molecule has 0 amide bonds. The van der Waals surface area contributed by atoms with Crippen LogP contribution in [0.15, 0.2) is 22.5 Å². The van der Waals surface area contributed by atoms with Gasteiger partial charge in [-0.2, -0.15) is 0 Å². The smallest absolute Gasteiger partial charge is 0.191 e. The molecule has 1 aromatic rings. The Morgan fingerprint density at radius 1 is 1.32 bits per heavy atom. The van der Waals surface area contributed by atoms with E-state index in [9.17, 15) is 0 Å². The summed E-state index contributed by atoms with van der Waals surface area (Å²) in [6.07, 6.45) is 2.61. The molecule has 1 aliphatic rings. The fourth-order valence-corrected chi connectivity index (χ4v) is 3.75. The second kappa shape index (κ2) is 9.16. The van der Waals surface area contributed by atoms with Crippen molar-refractivity contribution in [3.05, 3.63) is 22.4 Å². The van der Waals surface area contributed by atoms with E-state index in [-0.39, 0.29) is 0 Å². The average molecular weight is 323 g/mol. The lowest BCUT2D eigenvalue weighted by atomic mass is 9.97. The minimum absolute atomic E-state index is 0.416. The molecule has 1 atom stereocenters. The molecule has 2 N–H and O–H groups in total. The molecular formula is C17H30N4S. The van der Waals surface area contributed by atoms with Crippen molar-refractivity contribution in [1.29, 1.82) is 0 Å². The molecule has 1 saturated heterocycles. The standard InChI is InChI=1S/C17H30N4S/c1-4-18-17(19-5-2)20-13-15(16-7-6-12-22-16)21-10-8-14(3)9-11-21/h6-7,12,14-15H,4-5,8-11,13H2,1-3H3,(H2,18,19,20). The van der Waals surface area contributed by atoms with Gasteiger partial charge in [0.15, 0.2) is 5.96 Å². The van der Waals surface area contributed by atoms with E-state index < -0.39 is 0 Å². The molecule has 1 aromatic heterocycles. The molecule has 0 aromatic carbocycles. The third-order valence-electron chi connectivity index (χ3n) is 4.24. The SMILES string of the molecule is CCNC(=NCC(c1cccs1)N1CCC(C)CC1)NCC. The lowest BCUT2D eigenvalue weighted by Gasteiger charge is -2.35. The number of piperidine rings is 1. The fourth-order valence-electron chi connectivity index (χ4n) is 2.89. The Bertz CT molecular complexity index is 428. The van der Waals surface area contributed by atoms with Gasteiger partial charge in [-0.1, -0.05) is 13.0 Å². The second-order valence-electron chi connectivity index (χ2n) is 6.00. The van der Waals surface area contributed by atoms with E-state index in [1.807, 2.05) is 11.3 Å². The number of likely N-dealkylation sites (tertiary alicyclic amines) is 1. The molecule has 0 bridgehead atoms. The molecule has 2 rings (SSSR count). The van der Waals surface area contributed by atoms with E-state index >= 15 is 0 Å². The van der Waals surface area contributed by atoms with E-state index in [2.05, 4.69) is 53.8 Å². The molecule has 0 spiro atoms. The van der Waals surface area contributed by atoms with Gasteiger partial charge >= 0.3 is 0 Å². The zero-order chi connectivity index (χ0) is 15.8. The van der Waals surface area contributed by atoms with Crippen molar-refractivity contribution in [2.45, 2.75) is 39.7 Å². The maximum Gasteiger partial charge on any atom is 0.191 e. The predicted molar refractivity (Wildman–Crippen MR) is 96.7 cm³/mol. The molecule has 1 fully saturated rings. The van der Waals surface area contributed by atoms with Crippen LogP contribution in [0.2, 0.25) is 0 Å². The topological polar surface area (TPSA) is 39.7 Å². The van der Waals surface area contributed by atoms with E-state index in [0.717, 1.165) is 31.5 Å². The van der Waals surface area contributed by atoms with Crippen molar-refractivity contribution >= 4 is 17.3 Å². The van der Waals surface area contributed by atoms with Crippen LogP contribution in [0.5, 0.6) is 0 Å². The van der Waals surface area contributed by atoms with E-state index in [4.69, 9.17) is 4.99 Å². The highest BCUT2D eigenvalue weighted by atomic mass is 32.1. The molecule has 124 valence electrons. The summed E-state index contributed by atoms with van der Waals surface area (Å²) in [6, 6.07) is 4.82. The number of rotatable bonds is 6. The summed E-state index contributed by atoms with van der Waals surface area (Å²) in [5.41, 5.74) is 0. The third kappa shape index (κ3) is 4.99. The number of nitrogens with zero attached hydrogens (tertiary/aromatic N) is 2. The van der Waals surface area contributed by atoms with E-state index in [1.165, 1.54) is 30.8 Å². The number of nitrogens with one attached hydrogen (secondary N) is 2. The number of hydrogen-bond acceptors (Lipinski definition) is 3. The Hall–Kier alpha value is -1.07. The fraction of sp³-hybridized carbons (Fsp3) is 0.706. The number of aliphatic imine (C=N–C) groups is 1. The van der Waals surface area contributed by atoms with Crippen LogP contribution in [-0.4, -0.2) is 43.6 Å². The predicted octanol–water partition coefficient (Wildman–Crippen LogP) is 3.10. The van der Waals surface area contributed by atoms with Crippen LogP contribution < -0.4 is 10.6 Å². The van der Waals surface area contributed by atoms with Gasteiger partial charge in [0.1, 0.15) is 0 Å². The Morgan fingerprint density at radius 3 is 2.55 bits per heavy atom. The summed E-state index contributed by atoms with van der Waals surface area (Å²) in [5, 5.41) is 8.81. The Labute approximate surface area is 139 Å². The molecular weight excluding hydrogens is 292 g/mol. The van der Waals surface area contributed by atoms with Gasteiger partial charge in [-0.05, 0) is 57.1 Å². The summed E-state index contributed by atoms with van der Waals surface area (Å²) in [5.74, 6) is 1.79. The van der Waals surface area contributed by atoms with Gasteiger partial charge in [-0.3, -0.25) is 9.89 Å². The highest BCUT2D eigenvalue weighted by molar-refractivity contribution is 7.10. The summed E-state index contributed by atoms with van der Waals surface area (Å²) in [6.45, 7) is 11.6. The third-order valence-corrected chi connectivity index (χ3v) is 5.21. The van der Waals surface area contributed by atoms with Crippen LogP contribution in [0.1, 0.15) is 44.5 Å². The van der Waals surface area contributed by atoms with Gasteiger partial charge < -0.3 is 10.6 Å². The summed E-state index contributed by atoms with van der Waals surface area (Å²) in [4.78, 5) is 8.86. The minimum atomic E-state index is 0.416. The highest BCUT2D eigenvalue weighted by Gasteiger charge is 2.25. The van der Waals surface area contributed by atoms with Crippen molar-refractivity contribution in [3.8, 4) is 0 Å². The molecule has 4 nitrogen and oxygen atoms in total. The number of hydrogen-bond donors (Lipinski definition) is 2. The van der Waals surface area contributed by atoms with Crippen LogP contribution >= 0.6 is 11.3 Å². The first-order valence-corrected chi connectivity index (χ1v) is 9.42. The van der Waals surface area contributed by atoms with Crippen molar-refractivity contribution in [2.75, 3.05) is 32.7 Å². The monoisotopic (exact) mass is 322 g/mol. The molecule has 5 heteroatoms. The van der Waals surface area contributed by atoms with Gasteiger partial charge in [-0.15, -0.1) is 11.3 Å². The zero-order valence-corrected chi connectivity index (χ0v) is 15.0. The van der Waals surface area contributed by atoms with Gasteiger partial charge in [0.05, 0.1) is 12.6 Å². The molecule has 22 heavy (non-hydrogen) atoms. The Morgan fingerprint density at radius 2 is 2.00 bits per heavy atom. The largest absolute Gasteiger partial charge is 0.357 e. The summed E-state index contributed by atoms with van der Waals surface area (Å²) < 4.78 is 0. The van der Waals surface area contributed by atoms with Gasteiger partial charge in [0.2, 0.25) is 0 Å². The molecule has 0 saturated carbocycles. The van der Waals surface area contributed by atoms with Gasteiger partial charge in [-0.25, -0.2) is 0 Å². The first-order valence-electron chi connectivity index (χ1n) is 8.54. The maximum atomic E-state index is 4.81. The zero-order valence-electron chi connectivity index (χ0n) is 14.1. The molecule has 1 aliphatic heterocycles. The van der Waals surface area contributed by atoms with E-state index in [0.29, 0.717) is 6.04 Å². The lowest BCUT2D eigenvalue weighted by Crippen LogP contribution is -2.40. The van der Waals surface area contributed by atoms with Crippen LogP contribution in [-0.2, 0) is 0 Å². The molecule has 0 aliphatic carbocycles. The second-order valence-corrected chi connectivity index (χ2v) is 6.98. The van der Waals surface area contributed by atoms with Crippen molar-refractivity contribution in [2.24, 2.45) is 10.9 Å². The molecule has 2 heterocycles. The van der Waals surface area contributed by atoms with Crippen molar-refractivity contribution in [3.63, 3.8) is 0 Å². The van der Waals surface area contributed by atoms with Crippen LogP contribution in [0.25, 0.3) is 0 Å². The van der Waals surface area contributed by atoms with Crippen LogP contribution in [0.4, 0.5) is 0 Å². The van der Waals surface area contributed by atoms with Gasteiger partial charge in [0, 0.05) is 18.0 Å². The maximum absolute atomic E-state index is 4.81. The van der Waals surface area contributed by atoms with Gasteiger partial charge in [0.25, 0.3) is 0 Å². The quantitative estimate of drug-likeness (QED) is 0.624. The summed E-state index contributed by atoms with van der Waals surface area (Å²) >= 11 is 1.85. The summed E-state index contributed by atoms with van der Waals surface area (Å²) in [7, 11) is 0. The van der Waals surface area contributed by atoms with E-state index in [1.54, 1.807) is 0 Å². The number of thiophene rings is 1. The Balaban J connectivity index is 2.06. The molecule has 0 radical (unpaired) electrons. The lowest BCUT2D eigenvalue weighted by molar-refractivity contribution is 0.143. The minimum Gasteiger partial charge on any atom is -0.357 e. The van der Waals surface area contributed by atoms with Crippen LogP contribution in [0.3, 0.4) is 0 Å². The normalized spacial score (nSPS) is 18.0. The average Bonchev–Trinajstić information content (AvgIpc) is 3.04. The first kappa shape index (κ1) is 17.3. The van der Waals surface area contributed by atoms with Crippen molar-refractivity contribution < 1.29 is 0 Å². The van der Waals surface area contributed by atoms with Crippen molar-refractivity contribution in [1.82, 2.24) is 15.5 Å². The van der Waals surface area contributed by atoms with Crippen LogP contribution in [0, 0.1) is 5.92 Å². The number of guanidine groups is 1. The molecule has 1 unspecified atom stereocenters. The first-order chi connectivity index (χ1) is 10.7. The highest BCUT2D eigenvalue weighted by Crippen LogP contribution is 2.29. The Kier molecular flexibility index (Phi) is 7.19.